The average molecular weight is 250 g/mol. The van der Waals surface area contributed by atoms with E-state index in [4.69, 9.17) is 10.2 Å². The first-order valence-corrected chi connectivity index (χ1v) is 4.25. The van der Waals surface area contributed by atoms with Crippen LogP contribution in [-0.2, 0) is 33.4 Å². The van der Waals surface area contributed by atoms with Crippen molar-refractivity contribution in [3.05, 3.63) is 0 Å². The summed E-state index contributed by atoms with van der Waals surface area (Å²) in [4.78, 5) is 42.1. The molecule has 0 unspecified atom stereocenters. The molecule has 96 valence electrons. The van der Waals surface area contributed by atoms with Gasteiger partial charge < -0.3 is 24.4 Å². The highest BCUT2D eigenvalue weighted by Gasteiger charge is 2.13. The molecule has 0 heterocycles. The SMILES string of the molecule is O=C(O)CC(=O)OCOC(=O)CC(=O)OCO. The summed E-state index contributed by atoms with van der Waals surface area (Å²) in [5.41, 5.74) is 0. The number of aliphatic carboxylic acids is 1. The summed E-state index contributed by atoms with van der Waals surface area (Å²) in [6.45, 7) is -1.66. The summed E-state index contributed by atoms with van der Waals surface area (Å²) in [5, 5.41) is 16.3. The first-order chi connectivity index (χ1) is 7.95. The van der Waals surface area contributed by atoms with Crippen molar-refractivity contribution in [2.75, 3.05) is 13.6 Å². The van der Waals surface area contributed by atoms with Gasteiger partial charge in [0.25, 0.3) is 0 Å². The molecule has 0 aromatic heterocycles. The second kappa shape index (κ2) is 8.05. The molecule has 0 rings (SSSR count). The van der Waals surface area contributed by atoms with Crippen LogP contribution >= 0.6 is 0 Å². The molecule has 0 radical (unpaired) electrons. The van der Waals surface area contributed by atoms with E-state index >= 15 is 0 Å². The average Bonchev–Trinajstić information content (AvgIpc) is 2.16. The van der Waals surface area contributed by atoms with Gasteiger partial charge in [0, 0.05) is 0 Å². The van der Waals surface area contributed by atoms with Crippen LogP contribution in [0.5, 0.6) is 0 Å². The second-order valence-electron chi connectivity index (χ2n) is 2.54. The number of aliphatic hydroxyl groups is 1. The minimum atomic E-state index is -1.38. The van der Waals surface area contributed by atoms with Crippen LogP contribution in [0, 0.1) is 0 Å². The van der Waals surface area contributed by atoms with Gasteiger partial charge in [0.1, 0.15) is 12.8 Å². The fourth-order valence-corrected chi connectivity index (χ4v) is 0.627. The van der Waals surface area contributed by atoms with Gasteiger partial charge in [-0.15, -0.1) is 0 Å². The van der Waals surface area contributed by atoms with Crippen LogP contribution in [0.15, 0.2) is 0 Å². The third kappa shape index (κ3) is 8.81. The molecule has 0 aromatic rings. The zero-order valence-corrected chi connectivity index (χ0v) is 8.58. The number of carboxylic acid groups (broad SMARTS) is 1. The third-order valence-electron chi connectivity index (χ3n) is 1.25. The van der Waals surface area contributed by atoms with Crippen LogP contribution in [0.2, 0.25) is 0 Å². The summed E-state index contributed by atoms with van der Waals surface area (Å²) in [6.07, 6.45) is -1.61. The van der Waals surface area contributed by atoms with Gasteiger partial charge in [-0.1, -0.05) is 0 Å². The zero-order valence-electron chi connectivity index (χ0n) is 8.58. The smallest absolute Gasteiger partial charge is 0.320 e. The monoisotopic (exact) mass is 250 g/mol. The highest BCUT2D eigenvalue weighted by atomic mass is 16.7. The lowest BCUT2D eigenvalue weighted by Crippen LogP contribution is -2.18. The minimum absolute atomic E-state index is 0.753. The molecule has 0 amide bonds. The Morgan fingerprint density at radius 3 is 1.76 bits per heavy atom. The van der Waals surface area contributed by atoms with E-state index in [1.54, 1.807) is 0 Å². The van der Waals surface area contributed by atoms with Crippen LogP contribution in [0.1, 0.15) is 12.8 Å². The number of hydrogen-bond donors (Lipinski definition) is 2. The predicted molar refractivity (Wildman–Crippen MR) is 47.1 cm³/mol. The number of ether oxygens (including phenoxy) is 3. The lowest BCUT2D eigenvalue weighted by molar-refractivity contribution is -0.171. The Morgan fingerprint density at radius 1 is 0.824 bits per heavy atom. The summed E-state index contributed by atoms with van der Waals surface area (Å²) >= 11 is 0. The molecule has 9 nitrogen and oxygen atoms in total. The Labute approximate surface area is 94.9 Å². The van der Waals surface area contributed by atoms with Crippen molar-refractivity contribution in [1.29, 1.82) is 0 Å². The molecule has 9 heteroatoms. The molecule has 0 spiro atoms. The normalized spacial score (nSPS) is 9.24. The molecule has 0 aliphatic carbocycles. The van der Waals surface area contributed by atoms with E-state index in [2.05, 4.69) is 14.2 Å². The van der Waals surface area contributed by atoms with E-state index in [1.165, 1.54) is 0 Å². The number of carboxylic acids is 1. The van der Waals surface area contributed by atoms with Gasteiger partial charge in [-0.05, 0) is 0 Å². The van der Waals surface area contributed by atoms with E-state index in [0.29, 0.717) is 0 Å². The molecule has 0 aromatic carbocycles. The predicted octanol–water partition coefficient (Wildman–Crippen LogP) is -1.61. The lowest BCUT2D eigenvalue weighted by atomic mass is 10.4. The maximum atomic E-state index is 10.8. The van der Waals surface area contributed by atoms with E-state index in [0.717, 1.165) is 0 Å². The van der Waals surface area contributed by atoms with E-state index in [1.807, 2.05) is 0 Å². The number of carbonyl (C=O) groups is 4. The Morgan fingerprint density at radius 2 is 1.29 bits per heavy atom. The largest absolute Gasteiger partial charge is 0.481 e. The van der Waals surface area contributed by atoms with Crippen molar-refractivity contribution < 1.29 is 43.6 Å². The molecule has 0 aliphatic heterocycles. The number of rotatable bonds is 7. The number of aliphatic hydroxyl groups excluding tert-OH is 1. The van der Waals surface area contributed by atoms with Crippen LogP contribution < -0.4 is 0 Å². The molecule has 0 fully saturated rings. The maximum Gasteiger partial charge on any atom is 0.320 e. The van der Waals surface area contributed by atoms with E-state index in [9.17, 15) is 19.2 Å². The van der Waals surface area contributed by atoms with Crippen LogP contribution in [-0.4, -0.2) is 47.7 Å². The van der Waals surface area contributed by atoms with Crippen molar-refractivity contribution in [1.82, 2.24) is 0 Å². The number of hydrogen-bond acceptors (Lipinski definition) is 8. The Kier molecular flexibility index (Phi) is 7.02. The number of esters is 3. The third-order valence-corrected chi connectivity index (χ3v) is 1.25. The molecular formula is C8H10O9. The van der Waals surface area contributed by atoms with Gasteiger partial charge in [-0.25, -0.2) is 0 Å². The molecule has 0 aliphatic rings. The quantitative estimate of drug-likeness (QED) is 0.310. The van der Waals surface area contributed by atoms with Crippen molar-refractivity contribution >= 4 is 23.9 Å². The fourth-order valence-electron chi connectivity index (χ4n) is 0.627. The molecule has 0 saturated heterocycles. The van der Waals surface area contributed by atoms with Crippen LogP contribution in [0.3, 0.4) is 0 Å². The van der Waals surface area contributed by atoms with Gasteiger partial charge in [-0.3, -0.25) is 19.2 Å². The van der Waals surface area contributed by atoms with Gasteiger partial charge in [-0.2, -0.15) is 0 Å². The Hall–Kier alpha value is -2.16. The maximum absolute atomic E-state index is 10.8. The summed E-state index contributed by atoms with van der Waals surface area (Å²) in [7, 11) is 0. The van der Waals surface area contributed by atoms with Crippen molar-refractivity contribution in [2.45, 2.75) is 12.8 Å². The molecule has 0 atom stereocenters. The zero-order chi connectivity index (χ0) is 13.3. The number of carbonyl (C=O) groups excluding carboxylic acids is 3. The Balaban J connectivity index is 3.67. The standard InChI is InChI=1S/C8H10O9/c9-3-15-7(13)2-8(14)17-4-16-6(12)1-5(10)11/h9H,1-4H2,(H,10,11). The van der Waals surface area contributed by atoms with Gasteiger partial charge in [0.05, 0.1) is 0 Å². The Bertz CT molecular complexity index is 308. The molecule has 0 saturated carbocycles. The van der Waals surface area contributed by atoms with E-state index in [-0.39, 0.29) is 0 Å². The van der Waals surface area contributed by atoms with Crippen molar-refractivity contribution in [3.63, 3.8) is 0 Å². The van der Waals surface area contributed by atoms with E-state index < -0.39 is 50.3 Å². The summed E-state index contributed by atoms with van der Waals surface area (Å²) in [5.74, 6) is -4.50. The van der Waals surface area contributed by atoms with Crippen molar-refractivity contribution in [2.24, 2.45) is 0 Å². The summed E-state index contributed by atoms with van der Waals surface area (Å²) < 4.78 is 12.5. The molecule has 0 bridgehead atoms. The lowest BCUT2D eigenvalue weighted by Gasteiger charge is -2.04. The van der Waals surface area contributed by atoms with Crippen LogP contribution in [0.4, 0.5) is 0 Å². The van der Waals surface area contributed by atoms with Gasteiger partial charge in [0.2, 0.25) is 6.79 Å². The highest BCUT2D eigenvalue weighted by Crippen LogP contribution is 1.92. The molecule has 2 N–H and O–H groups in total. The first kappa shape index (κ1) is 14.8. The van der Waals surface area contributed by atoms with Gasteiger partial charge >= 0.3 is 23.9 Å². The van der Waals surface area contributed by atoms with Crippen molar-refractivity contribution in [3.8, 4) is 0 Å². The molecular weight excluding hydrogens is 240 g/mol. The van der Waals surface area contributed by atoms with Gasteiger partial charge in [0.15, 0.2) is 6.79 Å². The first-order valence-electron chi connectivity index (χ1n) is 4.25. The molecule has 17 heavy (non-hydrogen) atoms. The minimum Gasteiger partial charge on any atom is -0.481 e. The fraction of sp³-hybridized carbons (Fsp3) is 0.500. The topological polar surface area (TPSA) is 136 Å². The summed E-state index contributed by atoms with van der Waals surface area (Å²) in [6, 6.07) is 0. The second-order valence-corrected chi connectivity index (χ2v) is 2.54. The van der Waals surface area contributed by atoms with Crippen LogP contribution in [0.25, 0.3) is 0 Å². The highest BCUT2D eigenvalue weighted by molar-refractivity contribution is 5.91.